The molecule has 0 spiro atoms. The second-order valence-electron chi connectivity index (χ2n) is 2.72. The van der Waals surface area contributed by atoms with Crippen molar-refractivity contribution >= 4 is 10.2 Å². The van der Waals surface area contributed by atoms with Crippen LogP contribution in [-0.2, 0) is 10.2 Å². The van der Waals surface area contributed by atoms with E-state index in [4.69, 9.17) is 0 Å². The summed E-state index contributed by atoms with van der Waals surface area (Å²) in [7, 11) is 3.17. The van der Waals surface area contributed by atoms with Gasteiger partial charge in [0.1, 0.15) is 0 Å². The van der Waals surface area contributed by atoms with Crippen LogP contribution < -0.4 is 5.32 Å². The Morgan fingerprint density at radius 2 is 1.75 bits per heavy atom. The molecule has 5 nitrogen and oxygen atoms in total. The van der Waals surface area contributed by atoms with E-state index < -0.39 is 10.2 Å². The molecule has 1 N–H and O–H groups in total. The molecule has 0 unspecified atom stereocenters. The van der Waals surface area contributed by atoms with Crippen LogP contribution in [0.3, 0.4) is 0 Å². The van der Waals surface area contributed by atoms with Crippen LogP contribution in [0.15, 0.2) is 0 Å². The van der Waals surface area contributed by atoms with Gasteiger partial charge in [-0.3, -0.25) is 0 Å². The van der Waals surface area contributed by atoms with Gasteiger partial charge in [0.05, 0.1) is 0 Å². The van der Waals surface area contributed by atoms with E-state index in [1.807, 2.05) is 0 Å². The fourth-order valence-corrected chi connectivity index (χ4v) is 1.54. The molecule has 0 aliphatic heterocycles. The average Bonchev–Trinajstić information content (AvgIpc) is 1.99. The highest BCUT2D eigenvalue weighted by molar-refractivity contribution is 7.86. The molecule has 12 heavy (non-hydrogen) atoms. The molecular formula is C6H17N3O2S. The topological polar surface area (TPSA) is 52.7 Å². The second-order valence-corrected chi connectivity index (χ2v) is 4.96. The first-order valence-electron chi connectivity index (χ1n) is 3.71. The third-order valence-electron chi connectivity index (χ3n) is 1.53. The molecule has 0 aromatic heterocycles. The van der Waals surface area contributed by atoms with Gasteiger partial charge in [-0.2, -0.15) is 17.0 Å². The number of rotatable bonds is 5. The molecule has 0 aromatic carbocycles. The van der Waals surface area contributed by atoms with Crippen LogP contribution in [0.25, 0.3) is 0 Å². The number of hydrogen-bond acceptors (Lipinski definition) is 3. The molecule has 0 heterocycles. The Bertz CT molecular complexity index is 213. The van der Waals surface area contributed by atoms with Gasteiger partial charge in [-0.15, -0.1) is 0 Å². The van der Waals surface area contributed by atoms with Gasteiger partial charge >= 0.3 is 0 Å². The van der Waals surface area contributed by atoms with Crippen LogP contribution in [0.2, 0.25) is 0 Å². The number of hydrogen-bond donors (Lipinski definition) is 1. The van der Waals surface area contributed by atoms with Gasteiger partial charge in [-0.05, 0) is 7.05 Å². The lowest BCUT2D eigenvalue weighted by molar-refractivity contribution is 0.416. The summed E-state index contributed by atoms with van der Waals surface area (Å²) in [5.74, 6) is 0. The van der Waals surface area contributed by atoms with Gasteiger partial charge in [0.15, 0.2) is 0 Å². The van der Waals surface area contributed by atoms with Crippen molar-refractivity contribution < 1.29 is 8.42 Å². The van der Waals surface area contributed by atoms with E-state index in [-0.39, 0.29) is 0 Å². The zero-order valence-electron chi connectivity index (χ0n) is 8.03. The maximum atomic E-state index is 11.4. The fraction of sp³-hybridized carbons (Fsp3) is 1.00. The van der Waals surface area contributed by atoms with Crippen molar-refractivity contribution in [1.29, 1.82) is 0 Å². The normalized spacial score (nSPS) is 12.8. The first-order valence-corrected chi connectivity index (χ1v) is 5.11. The van der Waals surface area contributed by atoms with Gasteiger partial charge in [0, 0.05) is 34.2 Å². The van der Waals surface area contributed by atoms with Gasteiger partial charge in [-0.25, -0.2) is 0 Å². The largest absolute Gasteiger partial charge is 0.318 e. The quantitative estimate of drug-likeness (QED) is 0.608. The Kier molecular flexibility index (Phi) is 4.69. The third kappa shape index (κ3) is 3.06. The Balaban J connectivity index is 4.17. The molecule has 0 rings (SSSR count). The average molecular weight is 195 g/mol. The summed E-state index contributed by atoms with van der Waals surface area (Å²) in [4.78, 5) is 0. The maximum Gasteiger partial charge on any atom is 0.281 e. The van der Waals surface area contributed by atoms with E-state index in [0.717, 1.165) is 0 Å². The molecule has 0 atom stereocenters. The van der Waals surface area contributed by atoms with Crippen LogP contribution >= 0.6 is 0 Å². The summed E-state index contributed by atoms with van der Waals surface area (Å²) in [6, 6.07) is 0. The molecule has 74 valence electrons. The van der Waals surface area contributed by atoms with Crippen molar-refractivity contribution in [3.63, 3.8) is 0 Å². The number of nitrogens with one attached hydrogen (secondary N) is 1. The molecule has 0 saturated heterocycles. The fourth-order valence-electron chi connectivity index (χ4n) is 0.663. The first-order chi connectivity index (χ1) is 5.42. The molecular weight excluding hydrogens is 178 g/mol. The molecule has 0 amide bonds. The van der Waals surface area contributed by atoms with Gasteiger partial charge in [-0.1, -0.05) is 0 Å². The molecule has 0 bridgehead atoms. The predicted molar refractivity (Wildman–Crippen MR) is 49.2 cm³/mol. The van der Waals surface area contributed by atoms with Crippen LogP contribution in [0.1, 0.15) is 0 Å². The van der Waals surface area contributed by atoms with Crippen molar-refractivity contribution in [3.8, 4) is 0 Å². The van der Waals surface area contributed by atoms with Gasteiger partial charge in [0.2, 0.25) is 0 Å². The van der Waals surface area contributed by atoms with Gasteiger partial charge < -0.3 is 5.32 Å². The van der Waals surface area contributed by atoms with Crippen molar-refractivity contribution in [2.24, 2.45) is 0 Å². The van der Waals surface area contributed by atoms with E-state index >= 15 is 0 Å². The molecule has 6 heteroatoms. The number of nitrogens with zero attached hydrogens (tertiary/aromatic N) is 2. The zero-order chi connectivity index (χ0) is 9.78. The lowest BCUT2D eigenvalue weighted by Crippen LogP contribution is -2.40. The van der Waals surface area contributed by atoms with Crippen LogP contribution in [-0.4, -0.2) is 58.3 Å². The van der Waals surface area contributed by atoms with Crippen molar-refractivity contribution in [2.45, 2.75) is 0 Å². The van der Waals surface area contributed by atoms with Crippen LogP contribution in [0.4, 0.5) is 0 Å². The smallest absolute Gasteiger partial charge is 0.281 e. The number of likely N-dealkylation sites (N-methyl/N-ethyl adjacent to an activating group) is 2. The summed E-state index contributed by atoms with van der Waals surface area (Å²) in [6.45, 7) is 1.14. The molecule has 0 aromatic rings. The van der Waals surface area contributed by atoms with E-state index in [1.54, 1.807) is 14.1 Å². The van der Waals surface area contributed by atoms with Crippen molar-refractivity contribution in [2.75, 3.05) is 41.3 Å². The molecule has 0 fully saturated rings. The summed E-state index contributed by atoms with van der Waals surface area (Å²) in [6.07, 6.45) is 0. The standard InChI is InChI=1S/C6H17N3O2S/c1-7-5-6-9(4)12(10,11)8(2)3/h7H,5-6H2,1-4H3. The summed E-state index contributed by atoms with van der Waals surface area (Å²) in [5.41, 5.74) is 0. The molecule has 0 radical (unpaired) electrons. The molecule has 0 aliphatic rings. The summed E-state index contributed by atoms with van der Waals surface area (Å²) in [5, 5.41) is 2.88. The Morgan fingerprint density at radius 1 is 1.25 bits per heavy atom. The predicted octanol–water partition coefficient (Wildman–Crippen LogP) is -1.06. The summed E-state index contributed by atoms with van der Waals surface area (Å²) >= 11 is 0. The minimum atomic E-state index is -3.22. The lowest BCUT2D eigenvalue weighted by Gasteiger charge is -2.20. The Morgan fingerprint density at radius 3 is 2.08 bits per heavy atom. The third-order valence-corrected chi connectivity index (χ3v) is 3.43. The Hall–Kier alpha value is -0.170. The maximum absolute atomic E-state index is 11.4. The molecule has 0 aliphatic carbocycles. The second kappa shape index (κ2) is 4.76. The zero-order valence-corrected chi connectivity index (χ0v) is 8.85. The van der Waals surface area contributed by atoms with Crippen molar-refractivity contribution in [1.82, 2.24) is 13.9 Å². The van der Waals surface area contributed by atoms with Crippen LogP contribution in [0.5, 0.6) is 0 Å². The van der Waals surface area contributed by atoms with E-state index in [1.165, 1.54) is 22.7 Å². The first kappa shape index (κ1) is 11.8. The van der Waals surface area contributed by atoms with E-state index in [9.17, 15) is 8.42 Å². The Labute approximate surface area is 74.5 Å². The highest BCUT2D eigenvalue weighted by Gasteiger charge is 2.18. The summed E-state index contributed by atoms with van der Waals surface area (Å²) < 4.78 is 25.2. The minimum absolute atomic E-state index is 0.483. The highest BCUT2D eigenvalue weighted by Crippen LogP contribution is 1.98. The van der Waals surface area contributed by atoms with E-state index in [2.05, 4.69) is 5.32 Å². The van der Waals surface area contributed by atoms with Crippen LogP contribution in [0, 0.1) is 0 Å². The molecule has 0 saturated carbocycles. The van der Waals surface area contributed by atoms with E-state index in [0.29, 0.717) is 13.1 Å². The van der Waals surface area contributed by atoms with Crippen molar-refractivity contribution in [3.05, 3.63) is 0 Å². The van der Waals surface area contributed by atoms with Gasteiger partial charge in [0.25, 0.3) is 10.2 Å². The highest BCUT2D eigenvalue weighted by atomic mass is 32.2. The minimum Gasteiger partial charge on any atom is -0.318 e. The SMILES string of the molecule is CNCCN(C)S(=O)(=O)N(C)C. The monoisotopic (exact) mass is 195 g/mol. The lowest BCUT2D eigenvalue weighted by atomic mass is 10.6.